The van der Waals surface area contributed by atoms with E-state index in [-0.39, 0.29) is 11.2 Å². The molecule has 0 bridgehead atoms. The molecule has 2 heterocycles. The first-order chi connectivity index (χ1) is 12.2. The van der Waals surface area contributed by atoms with Crippen LogP contribution in [0.2, 0.25) is 0 Å². The van der Waals surface area contributed by atoms with Gasteiger partial charge in [-0.15, -0.1) is 5.10 Å². The Hall–Kier alpha value is -1.89. The normalized spacial score (nSPS) is 19.0. The molecule has 1 aromatic heterocycles. The fourth-order valence-corrected chi connectivity index (χ4v) is 4.73. The zero-order valence-corrected chi connectivity index (χ0v) is 15.3. The Morgan fingerprint density at radius 3 is 2.80 bits per heavy atom. The zero-order valence-electron chi connectivity index (χ0n) is 14.5. The van der Waals surface area contributed by atoms with Crippen molar-refractivity contribution < 1.29 is 4.79 Å². The average Bonchev–Trinajstić information content (AvgIpc) is 3.32. The van der Waals surface area contributed by atoms with Crippen LogP contribution in [0, 0.1) is 0 Å². The van der Waals surface area contributed by atoms with Crippen molar-refractivity contribution in [3.63, 3.8) is 0 Å². The molecule has 1 amide bonds. The summed E-state index contributed by atoms with van der Waals surface area (Å²) in [6.07, 6.45) is 5.65. The molecule has 1 fully saturated rings. The lowest BCUT2D eigenvalue weighted by atomic mass is 10.00. The van der Waals surface area contributed by atoms with Gasteiger partial charge in [0.15, 0.2) is 0 Å². The second-order valence-electron chi connectivity index (χ2n) is 6.88. The lowest BCUT2D eigenvalue weighted by molar-refractivity contribution is -0.131. The third-order valence-electron chi connectivity index (χ3n) is 5.21. The Labute approximate surface area is 152 Å². The molecule has 1 aliphatic heterocycles. The van der Waals surface area contributed by atoms with Gasteiger partial charge in [-0.2, -0.15) is 0 Å². The minimum atomic E-state index is -0.184. The lowest BCUT2D eigenvalue weighted by Crippen LogP contribution is -2.40. The van der Waals surface area contributed by atoms with E-state index in [4.69, 9.17) is 0 Å². The Bertz CT molecular complexity index is 755. The van der Waals surface area contributed by atoms with Crippen LogP contribution in [0.1, 0.15) is 49.8 Å². The molecule has 1 aliphatic carbocycles. The van der Waals surface area contributed by atoms with Gasteiger partial charge >= 0.3 is 0 Å². The molecule has 0 saturated heterocycles. The monoisotopic (exact) mass is 357 g/mol. The van der Waals surface area contributed by atoms with Crippen LogP contribution >= 0.6 is 11.8 Å². The number of amides is 1. The molecule has 0 unspecified atom stereocenters. The largest absolute Gasteiger partial charge is 0.337 e. The number of fused-ring (bicyclic) bond motifs is 1. The number of benzene rings is 1. The van der Waals surface area contributed by atoms with Crippen molar-refractivity contribution in [2.24, 2.45) is 0 Å². The molecule has 7 heteroatoms. The summed E-state index contributed by atoms with van der Waals surface area (Å²) in [6.45, 7) is 3.45. The molecule has 4 rings (SSSR count). The number of carbonyl (C=O) groups is 1. The summed E-state index contributed by atoms with van der Waals surface area (Å²) in [5.74, 6) is 0.167. The highest BCUT2D eigenvalue weighted by atomic mass is 32.2. The van der Waals surface area contributed by atoms with Crippen LogP contribution < -0.4 is 0 Å². The first-order valence-electron chi connectivity index (χ1n) is 9.02. The van der Waals surface area contributed by atoms with Crippen LogP contribution in [0.15, 0.2) is 29.4 Å². The van der Waals surface area contributed by atoms with E-state index in [2.05, 4.69) is 33.7 Å². The maximum Gasteiger partial charge on any atom is 0.236 e. The van der Waals surface area contributed by atoms with Gasteiger partial charge in [-0.25, -0.2) is 4.68 Å². The number of rotatable bonds is 4. The fourth-order valence-electron chi connectivity index (χ4n) is 3.79. The molecule has 1 aromatic carbocycles. The summed E-state index contributed by atoms with van der Waals surface area (Å²) < 4.78 is 1.92. The maximum absolute atomic E-state index is 12.9. The second-order valence-corrected chi connectivity index (χ2v) is 8.19. The standard InChI is InChI=1S/C18H23N5OS/c1-13(25-18-19-20-21-23(18)16-8-4-5-9-16)17(24)22-11-10-14-6-2-3-7-15(14)12-22/h2-3,6-7,13,16H,4-5,8-12H2,1H3/t13-/m0/s1. The Balaban J connectivity index is 1.43. The van der Waals surface area contributed by atoms with Crippen molar-refractivity contribution in [1.29, 1.82) is 0 Å². The summed E-state index contributed by atoms with van der Waals surface area (Å²) in [5.41, 5.74) is 2.62. The number of thioether (sulfide) groups is 1. The minimum absolute atomic E-state index is 0.167. The molecule has 25 heavy (non-hydrogen) atoms. The highest BCUT2D eigenvalue weighted by Gasteiger charge is 2.28. The van der Waals surface area contributed by atoms with Gasteiger partial charge in [0.2, 0.25) is 11.1 Å². The third-order valence-corrected chi connectivity index (χ3v) is 6.24. The van der Waals surface area contributed by atoms with Gasteiger partial charge in [0, 0.05) is 13.1 Å². The number of carbonyl (C=O) groups excluding carboxylic acids is 1. The maximum atomic E-state index is 12.9. The van der Waals surface area contributed by atoms with E-state index in [9.17, 15) is 4.79 Å². The Kier molecular flexibility index (Phi) is 4.74. The first kappa shape index (κ1) is 16.6. The number of nitrogens with zero attached hydrogens (tertiary/aromatic N) is 5. The van der Waals surface area contributed by atoms with Crippen molar-refractivity contribution in [2.45, 2.75) is 62.0 Å². The molecule has 2 aromatic rings. The van der Waals surface area contributed by atoms with Crippen molar-refractivity contribution in [1.82, 2.24) is 25.1 Å². The number of aromatic nitrogens is 4. The fraction of sp³-hybridized carbons (Fsp3) is 0.556. The number of tetrazole rings is 1. The van der Waals surface area contributed by atoms with Crippen LogP contribution in [0.5, 0.6) is 0 Å². The SMILES string of the molecule is C[C@H](Sc1nnnn1C1CCCC1)C(=O)N1CCc2ccccc2C1. The van der Waals surface area contributed by atoms with E-state index in [1.54, 1.807) is 0 Å². The van der Waals surface area contributed by atoms with Crippen LogP contribution in [0.25, 0.3) is 0 Å². The topological polar surface area (TPSA) is 63.9 Å². The minimum Gasteiger partial charge on any atom is -0.337 e. The van der Waals surface area contributed by atoms with Gasteiger partial charge in [-0.1, -0.05) is 48.9 Å². The zero-order chi connectivity index (χ0) is 17.2. The molecule has 6 nitrogen and oxygen atoms in total. The van der Waals surface area contributed by atoms with Crippen LogP contribution in [0.3, 0.4) is 0 Å². The van der Waals surface area contributed by atoms with Crippen molar-refractivity contribution in [2.75, 3.05) is 6.54 Å². The smallest absolute Gasteiger partial charge is 0.236 e. The van der Waals surface area contributed by atoms with Crippen molar-refractivity contribution in [3.05, 3.63) is 35.4 Å². The van der Waals surface area contributed by atoms with E-state index in [1.807, 2.05) is 22.6 Å². The van der Waals surface area contributed by atoms with Gasteiger partial charge in [-0.3, -0.25) is 4.79 Å². The van der Waals surface area contributed by atoms with Crippen molar-refractivity contribution >= 4 is 17.7 Å². The van der Waals surface area contributed by atoms with Crippen LogP contribution in [-0.4, -0.2) is 42.8 Å². The van der Waals surface area contributed by atoms with Gasteiger partial charge in [-0.05, 0) is 47.7 Å². The average molecular weight is 357 g/mol. The predicted molar refractivity (Wildman–Crippen MR) is 96.2 cm³/mol. The van der Waals surface area contributed by atoms with Crippen LogP contribution in [-0.2, 0) is 17.8 Å². The van der Waals surface area contributed by atoms with E-state index in [1.165, 1.54) is 35.7 Å². The van der Waals surface area contributed by atoms with E-state index in [0.717, 1.165) is 31.0 Å². The summed E-state index contributed by atoms with van der Waals surface area (Å²) in [4.78, 5) is 14.9. The van der Waals surface area contributed by atoms with Gasteiger partial charge in [0.25, 0.3) is 0 Å². The molecular formula is C18H23N5OS. The highest BCUT2D eigenvalue weighted by molar-refractivity contribution is 8.00. The second kappa shape index (κ2) is 7.15. The van der Waals surface area contributed by atoms with E-state index in [0.29, 0.717) is 12.6 Å². The lowest BCUT2D eigenvalue weighted by Gasteiger charge is -2.30. The molecule has 0 radical (unpaired) electrons. The van der Waals surface area contributed by atoms with Crippen molar-refractivity contribution in [3.8, 4) is 0 Å². The van der Waals surface area contributed by atoms with Gasteiger partial charge in [0.05, 0.1) is 11.3 Å². The number of hydrogen-bond acceptors (Lipinski definition) is 5. The molecule has 0 N–H and O–H groups in total. The Morgan fingerprint density at radius 1 is 1.24 bits per heavy atom. The number of hydrogen-bond donors (Lipinski definition) is 0. The summed E-state index contributed by atoms with van der Waals surface area (Å²) in [5, 5.41) is 12.7. The highest BCUT2D eigenvalue weighted by Crippen LogP contribution is 2.33. The molecule has 0 spiro atoms. The summed E-state index contributed by atoms with van der Waals surface area (Å²) in [7, 11) is 0. The third kappa shape index (κ3) is 3.42. The summed E-state index contributed by atoms with van der Waals surface area (Å²) >= 11 is 1.48. The predicted octanol–water partition coefficient (Wildman–Crippen LogP) is 2.85. The molecular weight excluding hydrogens is 334 g/mol. The molecule has 2 aliphatic rings. The van der Waals surface area contributed by atoms with E-state index < -0.39 is 0 Å². The van der Waals surface area contributed by atoms with Crippen LogP contribution in [0.4, 0.5) is 0 Å². The molecule has 132 valence electrons. The van der Waals surface area contributed by atoms with Gasteiger partial charge < -0.3 is 4.90 Å². The van der Waals surface area contributed by atoms with Gasteiger partial charge in [0.1, 0.15) is 0 Å². The summed E-state index contributed by atoms with van der Waals surface area (Å²) in [6, 6.07) is 8.78. The molecule has 1 saturated carbocycles. The van der Waals surface area contributed by atoms with E-state index >= 15 is 0 Å². The first-order valence-corrected chi connectivity index (χ1v) is 9.90. The molecule has 1 atom stereocenters. The Morgan fingerprint density at radius 2 is 2.00 bits per heavy atom. The quantitative estimate of drug-likeness (QED) is 0.787.